The highest BCUT2D eigenvalue weighted by atomic mass is 31.1. The average molecular weight is 439 g/mol. The topological polar surface area (TPSA) is 36.9 Å². The first kappa shape index (κ1) is 23.3. The van der Waals surface area contributed by atoms with Gasteiger partial charge in [0.15, 0.2) is 13.6 Å². The van der Waals surface area contributed by atoms with Crippen LogP contribution in [0.3, 0.4) is 0 Å². The molecule has 0 heterocycles. The second-order valence-electron chi connectivity index (χ2n) is 7.63. The van der Waals surface area contributed by atoms with Crippen molar-refractivity contribution in [3.63, 3.8) is 0 Å². The van der Waals surface area contributed by atoms with E-state index in [1.165, 1.54) is 16.4 Å². The van der Waals surface area contributed by atoms with Crippen LogP contribution in [0.1, 0.15) is 22.3 Å². The number of benzene rings is 3. The lowest BCUT2D eigenvalue weighted by atomic mass is 10.1. The zero-order chi connectivity index (χ0) is 22.4. The summed E-state index contributed by atoms with van der Waals surface area (Å²) in [6.07, 6.45) is 0. The van der Waals surface area contributed by atoms with Gasteiger partial charge in [-0.15, -0.1) is 0 Å². The first-order valence-corrected chi connectivity index (χ1v) is 11.6. The molecule has 3 aromatic carbocycles. The number of hydrogen-bond donors (Lipinski definition) is 0. The van der Waals surface area contributed by atoms with Crippen molar-refractivity contribution in [2.24, 2.45) is 0 Å². The second kappa shape index (κ2) is 10.8. The average Bonchev–Trinajstić information content (AvgIpc) is 2.73. The smallest absolute Gasteiger partial charge is 0.188 e. The van der Waals surface area contributed by atoms with Crippen LogP contribution in [0.2, 0.25) is 0 Å². The van der Waals surface area contributed by atoms with Gasteiger partial charge in [0, 0.05) is 24.8 Å². The van der Waals surface area contributed by atoms with Crippen LogP contribution in [-0.4, -0.2) is 27.8 Å². The minimum absolute atomic E-state index is 0.203. The molecule has 0 N–H and O–H groups in total. The second-order valence-corrected chi connectivity index (χ2v) is 9.78. The molecule has 0 fully saturated rings. The molecule has 0 aliphatic carbocycles. The summed E-state index contributed by atoms with van der Waals surface area (Å²) >= 11 is 0. The highest BCUT2D eigenvalue weighted by Gasteiger charge is 2.26. The molecule has 3 aromatic rings. The Morgan fingerprint density at radius 3 is 1.52 bits per heavy atom. The van der Waals surface area contributed by atoms with Gasteiger partial charge in [-0.3, -0.25) is 0 Å². The van der Waals surface area contributed by atoms with Crippen LogP contribution in [0.25, 0.3) is 0 Å². The molecule has 0 aliphatic rings. The number of rotatable bonds is 9. The van der Waals surface area contributed by atoms with Crippen LogP contribution in [0.4, 0.5) is 0 Å². The van der Waals surface area contributed by atoms with Gasteiger partial charge in [0.1, 0.15) is 11.5 Å². The molecular weight excluding hydrogens is 407 g/mol. The Bertz CT molecular complexity index is 954. The van der Waals surface area contributed by atoms with Gasteiger partial charge >= 0.3 is 0 Å². The zero-order valence-electron chi connectivity index (χ0n) is 19.2. The van der Waals surface area contributed by atoms with Crippen LogP contribution >= 0.6 is 7.92 Å². The number of ether oxygens (including phenoxy) is 4. The van der Waals surface area contributed by atoms with E-state index in [1.54, 1.807) is 14.2 Å². The molecule has 31 heavy (non-hydrogen) atoms. The lowest BCUT2D eigenvalue weighted by molar-refractivity contribution is 0.0513. The summed E-state index contributed by atoms with van der Waals surface area (Å²) in [7, 11) is 2.34. The minimum atomic E-state index is -0.947. The molecule has 0 radical (unpaired) electrons. The molecule has 4 nitrogen and oxygen atoms in total. The van der Waals surface area contributed by atoms with E-state index in [4.69, 9.17) is 18.9 Å². The maximum absolute atomic E-state index is 6.11. The Kier molecular flexibility index (Phi) is 8.09. The van der Waals surface area contributed by atoms with Gasteiger partial charge in [-0.1, -0.05) is 42.5 Å². The predicted octanol–water partition coefficient (Wildman–Crippen LogP) is 4.64. The maximum Gasteiger partial charge on any atom is 0.188 e. The Hall–Kier alpha value is -2.39. The van der Waals surface area contributed by atoms with Gasteiger partial charge < -0.3 is 18.9 Å². The van der Waals surface area contributed by atoms with Gasteiger partial charge in [-0.25, -0.2) is 0 Å². The SMILES string of the molecule is COCOc1c(C)cc(C)cc1P(c1ccccc1)c1cc(C)cc(C)c1OCOC. The van der Waals surface area contributed by atoms with Crippen LogP contribution in [0, 0.1) is 27.7 Å². The molecule has 0 atom stereocenters. The van der Waals surface area contributed by atoms with Crippen molar-refractivity contribution in [3.8, 4) is 11.5 Å². The number of aryl methyl sites for hydroxylation is 4. The lowest BCUT2D eigenvalue weighted by Gasteiger charge is -2.26. The third kappa shape index (κ3) is 5.46. The molecule has 0 saturated carbocycles. The predicted molar refractivity (Wildman–Crippen MR) is 129 cm³/mol. The molecule has 0 aromatic heterocycles. The summed E-state index contributed by atoms with van der Waals surface area (Å²) in [5, 5.41) is 3.54. The summed E-state index contributed by atoms with van der Waals surface area (Å²) in [6.45, 7) is 8.83. The maximum atomic E-state index is 6.11. The van der Waals surface area contributed by atoms with E-state index in [2.05, 4.69) is 76.2 Å². The van der Waals surface area contributed by atoms with Gasteiger partial charge in [0.25, 0.3) is 0 Å². The van der Waals surface area contributed by atoms with Crippen molar-refractivity contribution in [1.29, 1.82) is 0 Å². The standard InChI is InChI=1S/C26H31O4P/c1-18-12-20(3)25(29-16-27-5)23(14-18)31(22-10-8-7-9-11-22)24-15-19(2)13-21(4)26(24)30-17-28-6/h7-15H,16-17H2,1-6H3. The molecule has 164 valence electrons. The largest absolute Gasteiger partial charge is 0.467 e. The molecule has 0 saturated heterocycles. The Morgan fingerprint density at radius 1 is 0.645 bits per heavy atom. The van der Waals surface area contributed by atoms with E-state index in [0.717, 1.165) is 33.2 Å². The summed E-state index contributed by atoms with van der Waals surface area (Å²) in [5.74, 6) is 1.75. The molecule has 0 aliphatic heterocycles. The number of methoxy groups -OCH3 is 2. The molecule has 0 bridgehead atoms. The zero-order valence-corrected chi connectivity index (χ0v) is 20.1. The monoisotopic (exact) mass is 438 g/mol. The van der Waals surface area contributed by atoms with Gasteiger partial charge in [-0.2, -0.15) is 0 Å². The van der Waals surface area contributed by atoms with Crippen LogP contribution < -0.4 is 25.4 Å². The van der Waals surface area contributed by atoms with Gasteiger partial charge in [0.2, 0.25) is 0 Å². The fraction of sp³-hybridized carbons (Fsp3) is 0.308. The van der Waals surface area contributed by atoms with E-state index >= 15 is 0 Å². The number of hydrogen-bond acceptors (Lipinski definition) is 4. The third-order valence-corrected chi connectivity index (χ3v) is 7.38. The summed E-state index contributed by atoms with van der Waals surface area (Å²) in [5.41, 5.74) is 4.59. The summed E-state index contributed by atoms with van der Waals surface area (Å²) in [4.78, 5) is 0. The van der Waals surface area contributed by atoms with Crippen LogP contribution in [-0.2, 0) is 9.47 Å². The quantitative estimate of drug-likeness (QED) is 0.360. The Morgan fingerprint density at radius 2 is 1.10 bits per heavy atom. The molecule has 5 heteroatoms. The third-order valence-electron chi connectivity index (χ3n) is 4.94. The van der Waals surface area contributed by atoms with Crippen LogP contribution in [0.15, 0.2) is 54.6 Å². The van der Waals surface area contributed by atoms with Crippen LogP contribution in [0.5, 0.6) is 11.5 Å². The minimum Gasteiger partial charge on any atom is -0.467 e. The summed E-state index contributed by atoms with van der Waals surface area (Å²) < 4.78 is 22.7. The fourth-order valence-electron chi connectivity index (χ4n) is 3.79. The van der Waals surface area contributed by atoms with E-state index in [1.807, 2.05) is 6.07 Å². The van der Waals surface area contributed by atoms with Crippen molar-refractivity contribution in [2.75, 3.05) is 27.8 Å². The van der Waals surface area contributed by atoms with Gasteiger partial charge in [-0.05, 0) is 75.3 Å². The Balaban J connectivity index is 2.31. The molecule has 0 unspecified atom stereocenters. The lowest BCUT2D eigenvalue weighted by Crippen LogP contribution is -2.26. The summed E-state index contributed by atoms with van der Waals surface area (Å²) in [6, 6.07) is 19.3. The fourth-order valence-corrected chi connectivity index (χ4v) is 6.63. The first-order valence-electron chi connectivity index (χ1n) is 10.3. The van der Waals surface area contributed by atoms with E-state index in [-0.39, 0.29) is 13.6 Å². The van der Waals surface area contributed by atoms with Crippen molar-refractivity contribution in [3.05, 3.63) is 76.9 Å². The van der Waals surface area contributed by atoms with Crippen molar-refractivity contribution >= 4 is 23.8 Å². The van der Waals surface area contributed by atoms with E-state index in [0.29, 0.717) is 0 Å². The van der Waals surface area contributed by atoms with E-state index in [9.17, 15) is 0 Å². The molecule has 0 amide bonds. The van der Waals surface area contributed by atoms with Crippen molar-refractivity contribution in [2.45, 2.75) is 27.7 Å². The van der Waals surface area contributed by atoms with Gasteiger partial charge in [0.05, 0.1) is 0 Å². The molecule has 0 spiro atoms. The highest BCUT2D eigenvalue weighted by molar-refractivity contribution is 7.80. The normalized spacial score (nSPS) is 11.1. The van der Waals surface area contributed by atoms with Crippen molar-refractivity contribution in [1.82, 2.24) is 0 Å². The first-order chi connectivity index (χ1) is 15.0. The van der Waals surface area contributed by atoms with Crippen molar-refractivity contribution < 1.29 is 18.9 Å². The van der Waals surface area contributed by atoms with E-state index < -0.39 is 7.92 Å². The Labute approximate surface area is 186 Å². The highest BCUT2D eigenvalue weighted by Crippen LogP contribution is 2.42. The molecular formula is C26H31O4P. The molecule has 3 rings (SSSR count).